The van der Waals surface area contributed by atoms with Gasteiger partial charge in [-0.3, -0.25) is 4.98 Å². The number of aromatic nitrogens is 1. The third-order valence-corrected chi connectivity index (χ3v) is 6.06. The van der Waals surface area contributed by atoms with E-state index >= 15 is 0 Å². The second-order valence-electron chi connectivity index (χ2n) is 5.55. The average molecular weight is 337 g/mol. The number of nitrogens with zero attached hydrogens (tertiary/aromatic N) is 2. The second kappa shape index (κ2) is 5.99. The number of rotatable bonds is 5. The predicted octanol–water partition coefficient (Wildman–Crippen LogP) is 3.40. The Balaban J connectivity index is 1.96. The minimum Gasteiger partial charge on any atom is -0.265 e. The fourth-order valence-corrected chi connectivity index (χ4v) is 4.58. The molecule has 3 rings (SSSR count). The van der Waals surface area contributed by atoms with Gasteiger partial charge in [0.25, 0.3) is 0 Å². The Kier molecular flexibility index (Phi) is 4.21. The first-order valence-corrected chi connectivity index (χ1v) is 8.97. The van der Waals surface area contributed by atoms with Gasteiger partial charge in [0.05, 0.1) is 4.90 Å². The smallest absolute Gasteiger partial charge is 0.243 e. The monoisotopic (exact) mass is 336 g/mol. The van der Waals surface area contributed by atoms with Gasteiger partial charge in [0.1, 0.15) is 0 Å². The SMILES string of the molecule is Cc1cc(Cl)ccc1S(=O)(=O)N(Cc1ccncc1)C1CC1. The summed E-state index contributed by atoms with van der Waals surface area (Å²) in [7, 11) is -3.53. The van der Waals surface area contributed by atoms with Crippen molar-refractivity contribution in [3.63, 3.8) is 0 Å². The minimum atomic E-state index is -3.53. The maximum absolute atomic E-state index is 13.0. The Morgan fingerprint density at radius 1 is 1.23 bits per heavy atom. The lowest BCUT2D eigenvalue weighted by molar-refractivity contribution is 0.398. The van der Waals surface area contributed by atoms with Gasteiger partial charge in [-0.25, -0.2) is 8.42 Å². The number of pyridine rings is 1. The number of aryl methyl sites for hydroxylation is 1. The van der Waals surface area contributed by atoms with Gasteiger partial charge in [0.2, 0.25) is 10.0 Å². The fourth-order valence-electron chi connectivity index (χ4n) is 2.47. The Labute approximate surface area is 135 Å². The van der Waals surface area contributed by atoms with Crippen molar-refractivity contribution < 1.29 is 8.42 Å². The Hall–Kier alpha value is -1.43. The zero-order valence-electron chi connectivity index (χ0n) is 12.2. The molecule has 6 heteroatoms. The first kappa shape index (κ1) is 15.5. The second-order valence-corrected chi connectivity index (χ2v) is 7.84. The van der Waals surface area contributed by atoms with E-state index in [1.807, 2.05) is 12.1 Å². The summed E-state index contributed by atoms with van der Waals surface area (Å²) in [6, 6.07) is 8.69. The lowest BCUT2D eigenvalue weighted by Gasteiger charge is -2.23. The topological polar surface area (TPSA) is 50.3 Å². The van der Waals surface area contributed by atoms with Gasteiger partial charge < -0.3 is 0 Å². The van der Waals surface area contributed by atoms with Crippen LogP contribution in [-0.2, 0) is 16.6 Å². The predicted molar refractivity (Wildman–Crippen MR) is 86.2 cm³/mol. The Bertz CT molecular complexity index is 774. The van der Waals surface area contributed by atoms with Crippen LogP contribution in [0.1, 0.15) is 24.0 Å². The molecule has 0 amide bonds. The molecule has 0 radical (unpaired) electrons. The molecule has 1 aliphatic carbocycles. The molecule has 0 unspecified atom stereocenters. The number of halogens is 1. The molecule has 1 fully saturated rings. The van der Waals surface area contributed by atoms with E-state index in [1.165, 1.54) is 0 Å². The van der Waals surface area contributed by atoms with E-state index < -0.39 is 10.0 Å². The van der Waals surface area contributed by atoms with Gasteiger partial charge in [-0.15, -0.1) is 0 Å². The summed E-state index contributed by atoms with van der Waals surface area (Å²) in [5.74, 6) is 0. The maximum Gasteiger partial charge on any atom is 0.243 e. The van der Waals surface area contributed by atoms with E-state index in [1.54, 1.807) is 41.8 Å². The van der Waals surface area contributed by atoms with Crippen LogP contribution >= 0.6 is 11.6 Å². The summed E-state index contributed by atoms with van der Waals surface area (Å²) >= 11 is 5.94. The lowest BCUT2D eigenvalue weighted by atomic mass is 10.2. The zero-order chi connectivity index (χ0) is 15.7. The van der Waals surface area contributed by atoms with Crippen LogP contribution in [0.2, 0.25) is 5.02 Å². The zero-order valence-corrected chi connectivity index (χ0v) is 13.8. The van der Waals surface area contributed by atoms with Gasteiger partial charge in [-0.2, -0.15) is 4.31 Å². The van der Waals surface area contributed by atoms with Crippen LogP contribution in [0.5, 0.6) is 0 Å². The van der Waals surface area contributed by atoms with Crippen molar-refractivity contribution in [2.75, 3.05) is 0 Å². The van der Waals surface area contributed by atoms with Crippen molar-refractivity contribution in [2.45, 2.75) is 37.2 Å². The van der Waals surface area contributed by atoms with Crippen molar-refractivity contribution in [3.8, 4) is 0 Å². The van der Waals surface area contributed by atoms with E-state index in [-0.39, 0.29) is 6.04 Å². The molecule has 4 nitrogen and oxygen atoms in total. The molecule has 2 aromatic rings. The third-order valence-electron chi connectivity index (χ3n) is 3.77. The maximum atomic E-state index is 13.0. The molecule has 0 N–H and O–H groups in total. The van der Waals surface area contributed by atoms with Gasteiger partial charge in [0, 0.05) is 30.0 Å². The normalized spacial score (nSPS) is 15.2. The summed E-state index contributed by atoms with van der Waals surface area (Å²) in [4.78, 5) is 4.31. The van der Waals surface area contributed by atoms with Crippen molar-refractivity contribution in [3.05, 3.63) is 58.9 Å². The first-order chi connectivity index (χ1) is 10.5. The molecule has 0 spiro atoms. The van der Waals surface area contributed by atoms with E-state index in [9.17, 15) is 8.42 Å². The summed E-state index contributed by atoms with van der Waals surface area (Å²) in [6.45, 7) is 2.15. The third kappa shape index (κ3) is 3.16. The highest BCUT2D eigenvalue weighted by atomic mass is 35.5. The molecule has 116 valence electrons. The molecule has 0 atom stereocenters. The van der Waals surface area contributed by atoms with Crippen LogP contribution in [0.3, 0.4) is 0 Å². The average Bonchev–Trinajstić information content (AvgIpc) is 3.29. The first-order valence-electron chi connectivity index (χ1n) is 7.15. The Morgan fingerprint density at radius 3 is 2.50 bits per heavy atom. The van der Waals surface area contributed by atoms with Crippen molar-refractivity contribution in [2.24, 2.45) is 0 Å². The fraction of sp³-hybridized carbons (Fsp3) is 0.312. The number of benzene rings is 1. The molecule has 1 aliphatic rings. The standard InChI is InChI=1S/C16H17ClN2O2S/c1-12-10-14(17)2-5-16(12)22(20,21)19(15-3-4-15)11-13-6-8-18-9-7-13/h2,5-10,15H,3-4,11H2,1H3. The van der Waals surface area contributed by atoms with Crippen molar-refractivity contribution >= 4 is 21.6 Å². The summed E-state index contributed by atoms with van der Waals surface area (Å²) in [5, 5.41) is 0.545. The molecule has 1 aromatic heterocycles. The minimum absolute atomic E-state index is 0.0910. The Morgan fingerprint density at radius 2 is 1.91 bits per heavy atom. The lowest BCUT2D eigenvalue weighted by Crippen LogP contribution is -2.33. The van der Waals surface area contributed by atoms with Gasteiger partial charge in [0.15, 0.2) is 0 Å². The molecule has 1 heterocycles. The summed E-state index contributed by atoms with van der Waals surface area (Å²) in [5.41, 5.74) is 1.62. The molecule has 22 heavy (non-hydrogen) atoms. The molecule has 0 aliphatic heterocycles. The van der Waals surface area contributed by atoms with Gasteiger partial charge in [-0.05, 0) is 61.2 Å². The van der Waals surface area contributed by atoms with Crippen LogP contribution in [0.25, 0.3) is 0 Å². The molecule has 1 saturated carbocycles. The van der Waals surface area contributed by atoms with E-state index in [4.69, 9.17) is 11.6 Å². The number of hydrogen-bond donors (Lipinski definition) is 0. The van der Waals surface area contributed by atoms with Crippen LogP contribution in [0.15, 0.2) is 47.6 Å². The van der Waals surface area contributed by atoms with Crippen molar-refractivity contribution in [1.29, 1.82) is 0 Å². The molecule has 0 saturated heterocycles. The molecule has 0 bridgehead atoms. The van der Waals surface area contributed by atoms with E-state index in [0.29, 0.717) is 22.0 Å². The summed E-state index contributed by atoms with van der Waals surface area (Å²) in [6.07, 6.45) is 5.19. The van der Waals surface area contributed by atoms with E-state index in [0.717, 1.165) is 18.4 Å². The highest BCUT2D eigenvalue weighted by molar-refractivity contribution is 7.89. The highest BCUT2D eigenvalue weighted by Gasteiger charge is 2.38. The largest absolute Gasteiger partial charge is 0.265 e. The van der Waals surface area contributed by atoms with Crippen LogP contribution in [0.4, 0.5) is 0 Å². The quantitative estimate of drug-likeness (QED) is 0.840. The molecular formula is C16H17ClN2O2S. The molecular weight excluding hydrogens is 320 g/mol. The highest BCUT2D eigenvalue weighted by Crippen LogP contribution is 2.34. The van der Waals surface area contributed by atoms with Crippen LogP contribution < -0.4 is 0 Å². The van der Waals surface area contributed by atoms with Crippen molar-refractivity contribution in [1.82, 2.24) is 9.29 Å². The van der Waals surface area contributed by atoms with Crippen LogP contribution in [-0.4, -0.2) is 23.7 Å². The van der Waals surface area contributed by atoms with Crippen LogP contribution in [0, 0.1) is 6.92 Å². The number of hydrogen-bond acceptors (Lipinski definition) is 3. The van der Waals surface area contributed by atoms with E-state index in [2.05, 4.69) is 4.98 Å². The van der Waals surface area contributed by atoms with Gasteiger partial charge in [-0.1, -0.05) is 11.6 Å². The summed E-state index contributed by atoms with van der Waals surface area (Å²) < 4.78 is 27.6. The van der Waals surface area contributed by atoms with Gasteiger partial charge >= 0.3 is 0 Å². The number of sulfonamides is 1. The molecule has 1 aromatic carbocycles.